The first-order valence-electron chi connectivity index (χ1n) is 10.7. The zero-order valence-electron chi connectivity index (χ0n) is 18.0. The summed E-state index contributed by atoms with van der Waals surface area (Å²) in [6.45, 7) is 3.61. The van der Waals surface area contributed by atoms with Gasteiger partial charge in [0.05, 0.1) is 34.2 Å². The van der Waals surface area contributed by atoms with Crippen molar-refractivity contribution in [2.24, 2.45) is 0 Å². The molecule has 1 saturated heterocycles. The number of halogens is 2. The fourth-order valence-corrected chi connectivity index (χ4v) is 5.34. The minimum atomic E-state index is -3.52. The fourth-order valence-electron chi connectivity index (χ4n) is 3.63. The molecular formula is C23H28Cl2N2O4S. The van der Waals surface area contributed by atoms with Crippen molar-refractivity contribution in [3.8, 4) is 0 Å². The molecule has 0 aliphatic carbocycles. The molecule has 32 heavy (non-hydrogen) atoms. The summed E-state index contributed by atoms with van der Waals surface area (Å²) in [5.41, 5.74) is 1.83. The molecule has 1 unspecified atom stereocenters. The van der Waals surface area contributed by atoms with Gasteiger partial charge in [-0.3, -0.25) is 4.79 Å². The van der Waals surface area contributed by atoms with Crippen molar-refractivity contribution in [2.75, 3.05) is 26.3 Å². The van der Waals surface area contributed by atoms with Crippen LogP contribution in [0.15, 0.2) is 47.4 Å². The standard InChI is InChI=1S/C23H28Cl2N2O4S/c1-2-3-22(18-7-10-20(24)21(25)16-18)26-23(28)11-6-17-4-8-19(9-5-17)32(29,30)27-12-14-31-15-13-27/h4-5,7-10,16,22H,2-3,6,11-15H2,1H3,(H,26,28). The predicted molar refractivity (Wildman–Crippen MR) is 127 cm³/mol. The lowest BCUT2D eigenvalue weighted by molar-refractivity contribution is -0.121. The SMILES string of the molecule is CCCC(NC(=O)CCc1ccc(S(=O)(=O)N2CCOCC2)cc1)c1ccc(Cl)c(Cl)c1. The van der Waals surface area contributed by atoms with Crippen LogP contribution in [-0.4, -0.2) is 44.9 Å². The number of hydrogen-bond donors (Lipinski definition) is 1. The van der Waals surface area contributed by atoms with Crippen LogP contribution in [0.4, 0.5) is 0 Å². The van der Waals surface area contributed by atoms with Crippen LogP contribution < -0.4 is 5.32 Å². The monoisotopic (exact) mass is 498 g/mol. The number of nitrogens with one attached hydrogen (secondary N) is 1. The number of aryl methyl sites for hydroxylation is 1. The number of carbonyl (C=O) groups is 1. The van der Waals surface area contributed by atoms with E-state index in [0.29, 0.717) is 49.2 Å². The number of amides is 1. The van der Waals surface area contributed by atoms with Crippen molar-refractivity contribution in [2.45, 2.75) is 43.5 Å². The number of rotatable bonds is 9. The number of benzene rings is 2. The van der Waals surface area contributed by atoms with Gasteiger partial charge in [0.2, 0.25) is 15.9 Å². The number of carbonyl (C=O) groups excluding carboxylic acids is 1. The number of nitrogens with zero attached hydrogens (tertiary/aromatic N) is 1. The average Bonchev–Trinajstić information content (AvgIpc) is 2.80. The topological polar surface area (TPSA) is 75.7 Å². The van der Waals surface area contributed by atoms with E-state index in [1.54, 1.807) is 36.4 Å². The zero-order valence-corrected chi connectivity index (χ0v) is 20.3. The molecule has 2 aromatic carbocycles. The highest BCUT2D eigenvalue weighted by Gasteiger charge is 2.26. The zero-order chi connectivity index (χ0) is 23.1. The van der Waals surface area contributed by atoms with Gasteiger partial charge >= 0.3 is 0 Å². The van der Waals surface area contributed by atoms with Crippen molar-refractivity contribution < 1.29 is 17.9 Å². The van der Waals surface area contributed by atoms with Crippen LogP contribution in [-0.2, 0) is 26.0 Å². The number of sulfonamides is 1. The predicted octanol–water partition coefficient (Wildman–Crippen LogP) is 4.60. The molecule has 1 amide bonds. The molecule has 1 aliphatic rings. The first-order chi connectivity index (χ1) is 15.3. The van der Waals surface area contributed by atoms with Gasteiger partial charge in [-0.25, -0.2) is 8.42 Å². The molecule has 1 fully saturated rings. The minimum Gasteiger partial charge on any atom is -0.379 e. The smallest absolute Gasteiger partial charge is 0.243 e. The Labute approximate surface area is 199 Å². The van der Waals surface area contributed by atoms with Gasteiger partial charge in [0.15, 0.2) is 0 Å². The molecular weight excluding hydrogens is 471 g/mol. The van der Waals surface area contributed by atoms with Crippen molar-refractivity contribution in [1.82, 2.24) is 9.62 Å². The molecule has 1 aliphatic heterocycles. The van der Waals surface area contributed by atoms with Crippen LogP contribution in [0.25, 0.3) is 0 Å². The Hall–Kier alpha value is -1.64. The van der Waals surface area contributed by atoms with E-state index in [0.717, 1.165) is 24.0 Å². The normalized spacial score (nSPS) is 16.0. The van der Waals surface area contributed by atoms with Crippen LogP contribution in [0.3, 0.4) is 0 Å². The first kappa shape index (κ1) is 25.0. The fraction of sp³-hybridized carbons (Fsp3) is 0.435. The van der Waals surface area contributed by atoms with Gasteiger partial charge in [0.25, 0.3) is 0 Å². The van der Waals surface area contributed by atoms with E-state index in [9.17, 15) is 13.2 Å². The average molecular weight is 499 g/mol. The van der Waals surface area contributed by atoms with Crippen molar-refractivity contribution >= 4 is 39.1 Å². The van der Waals surface area contributed by atoms with Crippen molar-refractivity contribution in [3.05, 3.63) is 63.6 Å². The van der Waals surface area contributed by atoms with Gasteiger partial charge in [-0.05, 0) is 48.2 Å². The summed E-state index contributed by atoms with van der Waals surface area (Å²) in [6.07, 6.45) is 2.52. The molecule has 1 heterocycles. The molecule has 1 N–H and O–H groups in total. The Balaban J connectivity index is 1.58. The number of hydrogen-bond acceptors (Lipinski definition) is 4. The third kappa shape index (κ3) is 6.45. The number of ether oxygens (including phenoxy) is 1. The molecule has 174 valence electrons. The quantitative estimate of drug-likeness (QED) is 0.547. The molecule has 0 spiro atoms. The Bertz CT molecular complexity index is 1020. The van der Waals surface area contributed by atoms with E-state index in [-0.39, 0.29) is 16.8 Å². The summed E-state index contributed by atoms with van der Waals surface area (Å²) < 4.78 is 32.1. The molecule has 0 bridgehead atoms. The maximum absolute atomic E-state index is 12.7. The van der Waals surface area contributed by atoms with Gasteiger partial charge in [0.1, 0.15) is 0 Å². The molecule has 6 nitrogen and oxygen atoms in total. The second kappa shape index (κ2) is 11.5. The van der Waals surface area contributed by atoms with E-state index in [4.69, 9.17) is 27.9 Å². The lowest BCUT2D eigenvalue weighted by Crippen LogP contribution is -2.40. The molecule has 9 heteroatoms. The highest BCUT2D eigenvalue weighted by atomic mass is 35.5. The second-order valence-electron chi connectivity index (χ2n) is 7.74. The number of morpholine rings is 1. The lowest BCUT2D eigenvalue weighted by Gasteiger charge is -2.26. The highest BCUT2D eigenvalue weighted by molar-refractivity contribution is 7.89. The van der Waals surface area contributed by atoms with Crippen molar-refractivity contribution in [1.29, 1.82) is 0 Å². The Morgan fingerprint density at radius 2 is 1.78 bits per heavy atom. The van der Waals surface area contributed by atoms with Crippen molar-refractivity contribution in [3.63, 3.8) is 0 Å². The molecule has 0 aromatic heterocycles. The van der Waals surface area contributed by atoms with E-state index in [1.807, 2.05) is 6.07 Å². The lowest BCUT2D eigenvalue weighted by atomic mass is 10.0. The third-order valence-electron chi connectivity index (χ3n) is 5.43. The molecule has 1 atom stereocenters. The van der Waals surface area contributed by atoms with Gasteiger partial charge in [0, 0.05) is 19.5 Å². The van der Waals surface area contributed by atoms with Crippen LogP contribution in [0, 0.1) is 0 Å². The first-order valence-corrected chi connectivity index (χ1v) is 12.9. The maximum Gasteiger partial charge on any atom is 0.243 e. The summed E-state index contributed by atoms with van der Waals surface area (Å²) >= 11 is 12.1. The van der Waals surface area contributed by atoms with Crippen LogP contribution in [0.5, 0.6) is 0 Å². The third-order valence-corrected chi connectivity index (χ3v) is 8.08. The van der Waals surface area contributed by atoms with E-state index in [2.05, 4.69) is 12.2 Å². The van der Waals surface area contributed by atoms with Crippen LogP contribution in [0.1, 0.15) is 43.4 Å². The van der Waals surface area contributed by atoms with Crippen LogP contribution >= 0.6 is 23.2 Å². The van der Waals surface area contributed by atoms with Gasteiger partial charge in [-0.1, -0.05) is 54.7 Å². The van der Waals surface area contributed by atoms with E-state index >= 15 is 0 Å². The second-order valence-corrected chi connectivity index (χ2v) is 10.5. The molecule has 0 radical (unpaired) electrons. The maximum atomic E-state index is 12.7. The molecule has 3 rings (SSSR count). The Morgan fingerprint density at radius 3 is 2.41 bits per heavy atom. The molecule has 0 saturated carbocycles. The Morgan fingerprint density at radius 1 is 1.09 bits per heavy atom. The summed E-state index contributed by atoms with van der Waals surface area (Å²) in [5, 5.41) is 4.02. The largest absolute Gasteiger partial charge is 0.379 e. The van der Waals surface area contributed by atoms with E-state index in [1.165, 1.54) is 4.31 Å². The van der Waals surface area contributed by atoms with Gasteiger partial charge in [-0.15, -0.1) is 0 Å². The summed E-state index contributed by atoms with van der Waals surface area (Å²) in [4.78, 5) is 12.8. The summed E-state index contributed by atoms with van der Waals surface area (Å²) in [6, 6.07) is 12.0. The van der Waals surface area contributed by atoms with E-state index < -0.39 is 10.0 Å². The van der Waals surface area contributed by atoms with Gasteiger partial charge in [-0.2, -0.15) is 4.31 Å². The van der Waals surface area contributed by atoms with Crippen LogP contribution in [0.2, 0.25) is 10.0 Å². The van der Waals surface area contributed by atoms with Gasteiger partial charge < -0.3 is 10.1 Å². The highest BCUT2D eigenvalue weighted by Crippen LogP contribution is 2.27. The molecule has 2 aromatic rings. The minimum absolute atomic E-state index is 0.0699. The Kier molecular flexibility index (Phi) is 8.96. The summed E-state index contributed by atoms with van der Waals surface area (Å²) in [5.74, 6) is -0.0699. The summed E-state index contributed by atoms with van der Waals surface area (Å²) in [7, 11) is -3.52.